The average Bonchev–Trinajstić information content (AvgIpc) is 2.28. The van der Waals surface area contributed by atoms with Crippen LogP contribution in [0.1, 0.15) is 19.4 Å². The van der Waals surface area contributed by atoms with Crippen LogP contribution in [0, 0.1) is 5.92 Å². The number of hydrogen-bond acceptors (Lipinski definition) is 2. The highest BCUT2D eigenvalue weighted by molar-refractivity contribution is 6.42. The topological polar surface area (TPSA) is 46.5 Å². The number of carboxylic acid groups (broad SMARTS) is 1. The molecule has 0 spiro atoms. The molecule has 0 aliphatic heterocycles. The molecule has 5 heteroatoms. The van der Waals surface area contributed by atoms with Crippen LogP contribution in [-0.4, -0.2) is 23.8 Å². The molecule has 100 valence electrons. The maximum atomic E-state index is 11.1. The third kappa shape index (κ3) is 4.84. The van der Waals surface area contributed by atoms with Crippen LogP contribution in [0.2, 0.25) is 10.0 Å². The van der Waals surface area contributed by atoms with E-state index in [0.717, 1.165) is 5.56 Å². The minimum absolute atomic E-state index is 0.277. The van der Waals surface area contributed by atoms with Gasteiger partial charge in [0.05, 0.1) is 16.7 Å². The molecular formula is C13H16Cl2O3. The molecule has 1 rings (SSSR count). The van der Waals surface area contributed by atoms with Crippen LogP contribution in [-0.2, 0) is 16.0 Å². The Hall–Kier alpha value is -0.770. The zero-order valence-electron chi connectivity index (χ0n) is 10.3. The summed E-state index contributed by atoms with van der Waals surface area (Å²) in [6.07, 6.45) is -0.580. The van der Waals surface area contributed by atoms with E-state index in [1.807, 2.05) is 13.8 Å². The van der Waals surface area contributed by atoms with Crippen LogP contribution >= 0.6 is 23.2 Å². The van der Waals surface area contributed by atoms with Gasteiger partial charge in [-0.15, -0.1) is 0 Å². The zero-order chi connectivity index (χ0) is 13.7. The molecule has 18 heavy (non-hydrogen) atoms. The van der Waals surface area contributed by atoms with Crippen LogP contribution in [0.3, 0.4) is 0 Å². The van der Waals surface area contributed by atoms with Gasteiger partial charge in [-0.25, -0.2) is 4.79 Å². The minimum Gasteiger partial charge on any atom is -0.479 e. The number of rotatable bonds is 6. The van der Waals surface area contributed by atoms with Crippen molar-refractivity contribution in [2.45, 2.75) is 26.4 Å². The SMILES string of the molecule is CC(C)CO[C@H](Cc1ccc(Cl)c(Cl)c1)C(=O)O. The lowest BCUT2D eigenvalue weighted by molar-refractivity contribution is -0.150. The number of carboxylic acids is 1. The lowest BCUT2D eigenvalue weighted by atomic mass is 10.1. The lowest BCUT2D eigenvalue weighted by Crippen LogP contribution is -2.28. The van der Waals surface area contributed by atoms with E-state index >= 15 is 0 Å². The molecule has 1 aromatic rings. The van der Waals surface area contributed by atoms with E-state index in [0.29, 0.717) is 22.6 Å². The molecule has 0 saturated carbocycles. The van der Waals surface area contributed by atoms with E-state index in [-0.39, 0.29) is 6.42 Å². The fraction of sp³-hybridized carbons (Fsp3) is 0.462. The van der Waals surface area contributed by atoms with E-state index in [9.17, 15) is 4.79 Å². The summed E-state index contributed by atoms with van der Waals surface area (Å²) in [5.74, 6) is -0.678. The van der Waals surface area contributed by atoms with E-state index < -0.39 is 12.1 Å². The number of hydrogen-bond donors (Lipinski definition) is 1. The van der Waals surface area contributed by atoms with E-state index in [2.05, 4.69) is 0 Å². The first-order valence-corrected chi connectivity index (χ1v) is 6.44. The van der Waals surface area contributed by atoms with Crippen LogP contribution in [0.25, 0.3) is 0 Å². The molecule has 0 bridgehead atoms. The molecule has 0 amide bonds. The van der Waals surface area contributed by atoms with E-state index in [4.69, 9.17) is 33.0 Å². The molecule has 0 fully saturated rings. The van der Waals surface area contributed by atoms with Crippen molar-refractivity contribution in [3.8, 4) is 0 Å². The molecular weight excluding hydrogens is 275 g/mol. The van der Waals surface area contributed by atoms with Gasteiger partial charge >= 0.3 is 5.97 Å². The predicted octanol–water partition coefficient (Wildman–Crippen LogP) is 3.66. The normalized spacial score (nSPS) is 12.7. The molecule has 1 atom stereocenters. The number of carbonyl (C=O) groups is 1. The van der Waals surface area contributed by atoms with E-state index in [1.54, 1.807) is 18.2 Å². The fourth-order valence-corrected chi connectivity index (χ4v) is 1.73. The Morgan fingerprint density at radius 2 is 2.00 bits per heavy atom. The van der Waals surface area contributed by atoms with Gasteiger partial charge in [-0.2, -0.15) is 0 Å². The Morgan fingerprint density at radius 3 is 2.50 bits per heavy atom. The summed E-state index contributed by atoms with van der Waals surface area (Å²) in [7, 11) is 0. The number of aliphatic carboxylic acids is 1. The molecule has 3 nitrogen and oxygen atoms in total. The first kappa shape index (κ1) is 15.3. The van der Waals surface area contributed by atoms with Gasteiger partial charge < -0.3 is 9.84 Å². The van der Waals surface area contributed by atoms with Gasteiger partial charge in [0.2, 0.25) is 0 Å². The van der Waals surface area contributed by atoms with Crippen molar-refractivity contribution in [3.63, 3.8) is 0 Å². The molecule has 1 N–H and O–H groups in total. The second-order valence-electron chi connectivity index (χ2n) is 4.51. The first-order valence-electron chi connectivity index (χ1n) is 5.68. The van der Waals surface area contributed by atoms with Crippen molar-refractivity contribution in [2.24, 2.45) is 5.92 Å². The smallest absolute Gasteiger partial charge is 0.333 e. The van der Waals surface area contributed by atoms with Crippen molar-refractivity contribution in [2.75, 3.05) is 6.61 Å². The Kier molecular flexibility index (Phi) is 5.93. The quantitative estimate of drug-likeness (QED) is 0.870. The Bertz CT molecular complexity index is 419. The highest BCUT2D eigenvalue weighted by atomic mass is 35.5. The largest absolute Gasteiger partial charge is 0.479 e. The number of ether oxygens (including phenoxy) is 1. The zero-order valence-corrected chi connectivity index (χ0v) is 11.8. The second kappa shape index (κ2) is 6.98. The van der Waals surface area contributed by atoms with Gasteiger partial charge in [0, 0.05) is 6.42 Å². The Morgan fingerprint density at radius 1 is 1.33 bits per heavy atom. The van der Waals surface area contributed by atoms with Crippen LogP contribution in [0.4, 0.5) is 0 Å². The maximum absolute atomic E-state index is 11.1. The molecule has 0 aliphatic carbocycles. The summed E-state index contributed by atoms with van der Waals surface area (Å²) >= 11 is 11.7. The highest BCUT2D eigenvalue weighted by Gasteiger charge is 2.19. The summed E-state index contributed by atoms with van der Waals surface area (Å²) in [6.45, 7) is 4.36. The molecule has 0 heterocycles. The van der Waals surface area contributed by atoms with Gasteiger partial charge in [-0.1, -0.05) is 43.1 Å². The average molecular weight is 291 g/mol. The van der Waals surface area contributed by atoms with Crippen LogP contribution in [0.15, 0.2) is 18.2 Å². The maximum Gasteiger partial charge on any atom is 0.333 e. The van der Waals surface area contributed by atoms with Crippen molar-refractivity contribution < 1.29 is 14.6 Å². The Balaban J connectivity index is 2.70. The first-order chi connectivity index (χ1) is 8.40. The van der Waals surface area contributed by atoms with Crippen molar-refractivity contribution in [1.82, 2.24) is 0 Å². The van der Waals surface area contributed by atoms with Crippen LogP contribution < -0.4 is 0 Å². The van der Waals surface area contributed by atoms with Gasteiger partial charge in [-0.3, -0.25) is 0 Å². The molecule has 1 aromatic carbocycles. The molecule has 0 saturated heterocycles. The number of halogens is 2. The summed E-state index contributed by atoms with van der Waals surface area (Å²) in [6, 6.07) is 5.07. The summed E-state index contributed by atoms with van der Waals surface area (Å²) < 4.78 is 5.36. The lowest BCUT2D eigenvalue weighted by Gasteiger charge is -2.15. The monoisotopic (exact) mass is 290 g/mol. The van der Waals surface area contributed by atoms with Crippen molar-refractivity contribution in [1.29, 1.82) is 0 Å². The van der Waals surface area contributed by atoms with Crippen molar-refractivity contribution >= 4 is 29.2 Å². The molecule has 0 aliphatic rings. The predicted molar refractivity (Wildman–Crippen MR) is 72.4 cm³/mol. The summed E-state index contributed by atoms with van der Waals surface area (Å²) in [4.78, 5) is 11.1. The number of benzene rings is 1. The summed E-state index contributed by atoms with van der Waals surface area (Å²) in [5, 5.41) is 9.96. The summed E-state index contributed by atoms with van der Waals surface area (Å²) in [5.41, 5.74) is 0.792. The second-order valence-corrected chi connectivity index (χ2v) is 5.32. The molecule has 0 radical (unpaired) electrons. The van der Waals surface area contributed by atoms with Crippen molar-refractivity contribution in [3.05, 3.63) is 33.8 Å². The molecule has 0 aromatic heterocycles. The van der Waals surface area contributed by atoms with Gasteiger partial charge in [0.15, 0.2) is 6.10 Å². The standard InChI is InChI=1S/C13H16Cl2O3/c1-8(2)7-18-12(13(16)17)6-9-3-4-10(14)11(15)5-9/h3-5,8,12H,6-7H2,1-2H3,(H,16,17)/t12-/m1/s1. The van der Waals surface area contributed by atoms with Gasteiger partial charge in [0.25, 0.3) is 0 Å². The fourth-order valence-electron chi connectivity index (χ4n) is 1.41. The van der Waals surface area contributed by atoms with Crippen LogP contribution in [0.5, 0.6) is 0 Å². The third-order valence-corrected chi connectivity index (χ3v) is 3.05. The third-order valence-electron chi connectivity index (χ3n) is 2.31. The van der Waals surface area contributed by atoms with E-state index in [1.165, 1.54) is 0 Å². The van der Waals surface area contributed by atoms with Gasteiger partial charge in [-0.05, 0) is 23.6 Å². The van der Waals surface area contributed by atoms with Gasteiger partial charge in [0.1, 0.15) is 0 Å². The Labute approximate surface area is 117 Å². The molecule has 0 unspecified atom stereocenters. The minimum atomic E-state index is -0.971. The highest BCUT2D eigenvalue weighted by Crippen LogP contribution is 2.23.